The molecular weight excluding hydrogens is 352 g/mol. The van der Waals surface area contributed by atoms with E-state index in [0.29, 0.717) is 13.1 Å². The van der Waals surface area contributed by atoms with Crippen LogP contribution in [0.5, 0.6) is 0 Å². The van der Waals surface area contributed by atoms with Crippen molar-refractivity contribution in [2.75, 3.05) is 31.1 Å². The number of rotatable bonds is 5. The first-order valence-electron chi connectivity index (χ1n) is 9.61. The van der Waals surface area contributed by atoms with Crippen LogP contribution in [-0.2, 0) is 15.0 Å². The number of nitrogens with two attached hydrogens (primary N) is 1. The van der Waals surface area contributed by atoms with Crippen molar-refractivity contribution in [3.63, 3.8) is 0 Å². The van der Waals surface area contributed by atoms with Gasteiger partial charge in [-0.15, -0.1) is 0 Å². The topological polar surface area (TPSA) is 79.5 Å². The fourth-order valence-electron chi connectivity index (χ4n) is 3.94. The van der Waals surface area contributed by atoms with Crippen LogP contribution in [0, 0.1) is 0 Å². The molecule has 1 aliphatic heterocycles. The second kappa shape index (κ2) is 7.46. The Morgan fingerprint density at radius 2 is 1.79 bits per heavy atom. The third kappa shape index (κ3) is 3.50. The lowest BCUT2D eigenvalue weighted by Gasteiger charge is -2.38. The number of hydrogen-bond donors (Lipinski definition) is 1. The van der Waals surface area contributed by atoms with E-state index in [9.17, 15) is 9.59 Å². The number of amides is 2. The summed E-state index contributed by atoms with van der Waals surface area (Å²) in [6, 6.07) is 11.8. The zero-order chi connectivity index (χ0) is 19.6. The van der Waals surface area contributed by atoms with E-state index < -0.39 is 5.91 Å². The molecule has 2 heterocycles. The van der Waals surface area contributed by atoms with E-state index in [1.165, 1.54) is 6.08 Å². The SMILES string of the molecule is NC(=O)/C=C/c1ccccc1N1CCN(C(=O)C2(c3cccnc3)CC2)CC1. The number of anilines is 1. The van der Waals surface area contributed by atoms with Gasteiger partial charge >= 0.3 is 0 Å². The van der Waals surface area contributed by atoms with Crippen molar-refractivity contribution in [2.24, 2.45) is 5.73 Å². The van der Waals surface area contributed by atoms with Crippen LogP contribution in [-0.4, -0.2) is 47.9 Å². The lowest BCUT2D eigenvalue weighted by Crippen LogP contribution is -2.51. The van der Waals surface area contributed by atoms with Crippen LogP contribution in [0.2, 0.25) is 0 Å². The third-order valence-corrected chi connectivity index (χ3v) is 5.64. The summed E-state index contributed by atoms with van der Waals surface area (Å²) in [6.07, 6.45) is 8.49. The van der Waals surface area contributed by atoms with Gasteiger partial charge in [0.2, 0.25) is 11.8 Å². The summed E-state index contributed by atoms with van der Waals surface area (Å²) in [5.41, 5.74) is 7.91. The predicted octanol–water partition coefficient (Wildman–Crippen LogP) is 1.96. The van der Waals surface area contributed by atoms with Crippen molar-refractivity contribution in [2.45, 2.75) is 18.3 Å². The molecule has 28 heavy (non-hydrogen) atoms. The van der Waals surface area contributed by atoms with Gasteiger partial charge in [-0.25, -0.2) is 0 Å². The highest BCUT2D eigenvalue weighted by atomic mass is 16.2. The molecule has 6 nitrogen and oxygen atoms in total. The quantitative estimate of drug-likeness (QED) is 0.809. The minimum Gasteiger partial charge on any atom is -0.367 e. The molecule has 2 N–H and O–H groups in total. The number of primary amides is 1. The van der Waals surface area contributed by atoms with Gasteiger partial charge < -0.3 is 15.5 Å². The zero-order valence-corrected chi connectivity index (χ0v) is 15.8. The number of benzene rings is 1. The van der Waals surface area contributed by atoms with E-state index in [1.54, 1.807) is 12.3 Å². The van der Waals surface area contributed by atoms with Crippen LogP contribution < -0.4 is 10.6 Å². The zero-order valence-electron chi connectivity index (χ0n) is 15.8. The largest absolute Gasteiger partial charge is 0.367 e. The van der Waals surface area contributed by atoms with E-state index in [-0.39, 0.29) is 11.3 Å². The van der Waals surface area contributed by atoms with E-state index in [2.05, 4.69) is 9.88 Å². The Kier molecular flexibility index (Phi) is 4.86. The highest BCUT2D eigenvalue weighted by molar-refractivity contribution is 5.92. The van der Waals surface area contributed by atoms with Crippen LogP contribution in [0.1, 0.15) is 24.0 Å². The van der Waals surface area contributed by atoms with E-state index in [0.717, 1.165) is 42.7 Å². The van der Waals surface area contributed by atoms with Gasteiger partial charge in [0.25, 0.3) is 0 Å². The molecule has 1 saturated heterocycles. The summed E-state index contributed by atoms with van der Waals surface area (Å²) in [4.78, 5) is 32.7. The molecule has 0 radical (unpaired) electrons. The van der Waals surface area contributed by atoms with E-state index in [4.69, 9.17) is 5.73 Å². The fourth-order valence-corrected chi connectivity index (χ4v) is 3.94. The Labute approximate surface area is 164 Å². The van der Waals surface area contributed by atoms with Gasteiger partial charge in [0.05, 0.1) is 5.41 Å². The van der Waals surface area contributed by atoms with Gasteiger partial charge in [0, 0.05) is 50.3 Å². The Morgan fingerprint density at radius 3 is 2.43 bits per heavy atom. The van der Waals surface area contributed by atoms with Gasteiger partial charge in [-0.05, 0) is 42.2 Å². The highest BCUT2D eigenvalue weighted by Gasteiger charge is 2.53. The van der Waals surface area contributed by atoms with Crippen LogP contribution in [0.4, 0.5) is 5.69 Å². The number of nitrogens with zero attached hydrogens (tertiary/aromatic N) is 3. The number of carbonyl (C=O) groups is 2. The summed E-state index contributed by atoms with van der Waals surface area (Å²) < 4.78 is 0. The molecule has 144 valence electrons. The molecule has 2 aliphatic rings. The molecule has 4 rings (SSSR count). The first-order chi connectivity index (χ1) is 13.6. The molecule has 6 heteroatoms. The van der Waals surface area contributed by atoms with Crippen molar-refractivity contribution in [3.05, 3.63) is 66.0 Å². The molecule has 0 atom stereocenters. The molecule has 0 bridgehead atoms. The normalized spacial score (nSPS) is 18.3. The lowest BCUT2D eigenvalue weighted by atomic mass is 9.95. The summed E-state index contributed by atoms with van der Waals surface area (Å²) in [5.74, 6) is -0.239. The Hall–Kier alpha value is -3.15. The minimum absolute atomic E-state index is 0.224. The van der Waals surface area contributed by atoms with Gasteiger partial charge in [-0.3, -0.25) is 14.6 Å². The van der Waals surface area contributed by atoms with Gasteiger partial charge in [-0.2, -0.15) is 0 Å². The van der Waals surface area contributed by atoms with Crippen LogP contribution >= 0.6 is 0 Å². The predicted molar refractivity (Wildman–Crippen MR) is 109 cm³/mol. The van der Waals surface area contributed by atoms with Crippen molar-refractivity contribution >= 4 is 23.6 Å². The molecule has 2 aromatic rings. The number of pyridine rings is 1. The monoisotopic (exact) mass is 376 g/mol. The fraction of sp³-hybridized carbons (Fsp3) is 0.318. The lowest BCUT2D eigenvalue weighted by molar-refractivity contribution is -0.134. The first kappa shape index (κ1) is 18.2. The highest BCUT2D eigenvalue weighted by Crippen LogP contribution is 2.49. The second-order valence-corrected chi connectivity index (χ2v) is 7.40. The molecule has 1 aromatic carbocycles. The van der Waals surface area contributed by atoms with Gasteiger partial charge in [0.1, 0.15) is 0 Å². The van der Waals surface area contributed by atoms with Gasteiger partial charge in [-0.1, -0.05) is 24.3 Å². The number of piperazine rings is 1. The molecule has 0 unspecified atom stereocenters. The number of hydrogen-bond acceptors (Lipinski definition) is 4. The molecular formula is C22H24N4O2. The molecule has 1 aliphatic carbocycles. The van der Waals surface area contributed by atoms with Crippen LogP contribution in [0.15, 0.2) is 54.9 Å². The van der Waals surface area contributed by atoms with Crippen LogP contribution in [0.25, 0.3) is 6.08 Å². The maximum Gasteiger partial charge on any atom is 0.241 e. The number of para-hydroxylation sites is 1. The Balaban J connectivity index is 1.45. The van der Waals surface area contributed by atoms with Crippen molar-refractivity contribution in [3.8, 4) is 0 Å². The average molecular weight is 376 g/mol. The van der Waals surface area contributed by atoms with E-state index >= 15 is 0 Å². The molecule has 2 amide bonds. The van der Waals surface area contributed by atoms with Crippen molar-refractivity contribution in [1.29, 1.82) is 0 Å². The summed E-state index contributed by atoms with van der Waals surface area (Å²) >= 11 is 0. The van der Waals surface area contributed by atoms with E-state index in [1.807, 2.05) is 47.5 Å². The minimum atomic E-state index is -0.463. The number of aromatic nitrogens is 1. The molecule has 2 fully saturated rings. The third-order valence-electron chi connectivity index (χ3n) is 5.64. The summed E-state index contributed by atoms with van der Waals surface area (Å²) in [6.45, 7) is 2.90. The Morgan fingerprint density at radius 1 is 1.04 bits per heavy atom. The summed E-state index contributed by atoms with van der Waals surface area (Å²) in [7, 11) is 0. The van der Waals surface area contributed by atoms with Crippen molar-refractivity contribution in [1.82, 2.24) is 9.88 Å². The van der Waals surface area contributed by atoms with Gasteiger partial charge in [0.15, 0.2) is 0 Å². The number of carbonyl (C=O) groups excluding carboxylic acids is 2. The smallest absolute Gasteiger partial charge is 0.241 e. The maximum atomic E-state index is 13.2. The first-order valence-corrected chi connectivity index (χ1v) is 9.61. The standard InChI is InChI=1S/C22H24N4O2/c23-20(27)8-7-17-4-1-2-6-19(17)25-12-14-26(15-13-25)21(28)22(9-10-22)18-5-3-11-24-16-18/h1-8,11,16H,9-10,12-15H2,(H2,23,27)/b8-7+. The second-order valence-electron chi connectivity index (χ2n) is 7.40. The molecule has 0 spiro atoms. The summed E-state index contributed by atoms with van der Waals surface area (Å²) in [5, 5.41) is 0. The van der Waals surface area contributed by atoms with Crippen molar-refractivity contribution < 1.29 is 9.59 Å². The molecule has 1 saturated carbocycles. The molecule has 1 aromatic heterocycles. The Bertz CT molecular complexity index is 898. The average Bonchev–Trinajstić information content (AvgIpc) is 3.55. The van der Waals surface area contributed by atoms with Crippen LogP contribution in [0.3, 0.4) is 0 Å². The maximum absolute atomic E-state index is 13.2.